The first-order valence-corrected chi connectivity index (χ1v) is 12.1. The minimum atomic E-state index is -1.16. The molecule has 1 unspecified atom stereocenters. The molecule has 9 heteroatoms. The first kappa shape index (κ1) is 21.5. The number of ether oxygens (including phenoxy) is 1. The van der Waals surface area contributed by atoms with Crippen LogP contribution in [0.25, 0.3) is 11.3 Å². The zero-order valence-electron chi connectivity index (χ0n) is 17.8. The third-order valence-electron chi connectivity index (χ3n) is 6.90. The molecule has 3 N–H and O–H groups in total. The molecule has 32 heavy (non-hydrogen) atoms. The van der Waals surface area contributed by atoms with Crippen molar-refractivity contribution in [2.24, 2.45) is 5.92 Å². The smallest absolute Gasteiger partial charge is 0.405 e. The standard InChI is InChI=1S/C23H27BrN4O4/c24-15-4-5-16-14(12-15)3-6-17-20(16)26-21(25-17)18-2-1-9-28(18)22(29)19(27-23(30)31)13-7-10-32-11-8-13/h4-5,12-13,18-19,27H,1-3,6-11H2,(H,25,26)(H,30,31)/t18-,19?/m0/s1. The second-order valence-corrected chi connectivity index (χ2v) is 9.73. The average molecular weight is 503 g/mol. The minimum Gasteiger partial charge on any atom is -0.465 e. The number of benzene rings is 1. The zero-order valence-corrected chi connectivity index (χ0v) is 19.4. The Hall–Kier alpha value is -2.39. The Morgan fingerprint density at radius 1 is 1.25 bits per heavy atom. The van der Waals surface area contributed by atoms with Crippen molar-refractivity contribution in [3.05, 3.63) is 39.8 Å². The SMILES string of the molecule is O=C(O)NC(C(=O)N1CCC[C@H]1c1nc2c([nH]1)CCc1cc(Br)ccc1-2)C1CCOCC1. The lowest BCUT2D eigenvalue weighted by Crippen LogP contribution is -2.52. The molecule has 0 radical (unpaired) electrons. The van der Waals surface area contributed by atoms with Crippen molar-refractivity contribution in [1.82, 2.24) is 20.2 Å². The summed E-state index contributed by atoms with van der Waals surface area (Å²) in [4.78, 5) is 35.3. The zero-order chi connectivity index (χ0) is 22.2. The molecule has 0 bridgehead atoms. The summed E-state index contributed by atoms with van der Waals surface area (Å²) in [5, 5.41) is 11.9. The fourth-order valence-corrected chi connectivity index (χ4v) is 5.72. The van der Waals surface area contributed by atoms with Crippen LogP contribution in [0.4, 0.5) is 4.79 Å². The van der Waals surface area contributed by atoms with Gasteiger partial charge in [-0.1, -0.05) is 22.0 Å². The summed E-state index contributed by atoms with van der Waals surface area (Å²) >= 11 is 3.55. The van der Waals surface area contributed by atoms with Crippen molar-refractivity contribution in [3.63, 3.8) is 0 Å². The lowest BCUT2D eigenvalue weighted by atomic mass is 9.90. The van der Waals surface area contributed by atoms with E-state index in [4.69, 9.17) is 9.72 Å². The molecule has 8 nitrogen and oxygen atoms in total. The van der Waals surface area contributed by atoms with Crippen LogP contribution in [0.5, 0.6) is 0 Å². The Labute approximate surface area is 194 Å². The number of aromatic nitrogens is 2. The highest BCUT2D eigenvalue weighted by Gasteiger charge is 2.40. The molecule has 1 aromatic heterocycles. The van der Waals surface area contributed by atoms with E-state index in [1.165, 1.54) is 5.56 Å². The maximum Gasteiger partial charge on any atom is 0.405 e. The minimum absolute atomic E-state index is 0.0521. The van der Waals surface area contributed by atoms with Gasteiger partial charge in [-0.3, -0.25) is 4.79 Å². The number of nitrogens with zero attached hydrogens (tertiary/aromatic N) is 2. The lowest BCUT2D eigenvalue weighted by molar-refractivity contribution is -0.136. The molecule has 1 aliphatic carbocycles. The van der Waals surface area contributed by atoms with Gasteiger partial charge >= 0.3 is 6.09 Å². The molecule has 2 amide bonds. The van der Waals surface area contributed by atoms with Gasteiger partial charge < -0.3 is 25.0 Å². The van der Waals surface area contributed by atoms with Gasteiger partial charge in [-0.25, -0.2) is 9.78 Å². The number of rotatable bonds is 4. The lowest BCUT2D eigenvalue weighted by Gasteiger charge is -2.33. The first-order chi connectivity index (χ1) is 15.5. The Morgan fingerprint density at radius 3 is 2.84 bits per heavy atom. The number of hydrogen-bond donors (Lipinski definition) is 3. The molecule has 0 saturated carbocycles. The van der Waals surface area contributed by atoms with Gasteiger partial charge in [-0.05, 0) is 62.1 Å². The van der Waals surface area contributed by atoms with Crippen LogP contribution in [-0.2, 0) is 22.4 Å². The monoisotopic (exact) mass is 502 g/mol. The van der Waals surface area contributed by atoms with E-state index in [2.05, 4.69) is 38.4 Å². The van der Waals surface area contributed by atoms with Crippen molar-refractivity contribution in [2.45, 2.75) is 50.6 Å². The highest BCUT2D eigenvalue weighted by molar-refractivity contribution is 9.10. The molecular weight excluding hydrogens is 476 g/mol. The van der Waals surface area contributed by atoms with Gasteiger partial charge in [-0.15, -0.1) is 0 Å². The summed E-state index contributed by atoms with van der Waals surface area (Å²) in [6.07, 6.45) is 3.72. The number of carboxylic acid groups (broad SMARTS) is 1. The molecule has 2 aromatic rings. The third kappa shape index (κ3) is 4.03. The molecule has 2 aliphatic heterocycles. The van der Waals surface area contributed by atoms with Crippen LogP contribution < -0.4 is 5.32 Å². The molecule has 2 saturated heterocycles. The number of amides is 2. The number of carbonyl (C=O) groups excluding carboxylic acids is 1. The number of imidazole rings is 1. The van der Waals surface area contributed by atoms with Crippen LogP contribution in [0.3, 0.4) is 0 Å². The van der Waals surface area contributed by atoms with Crippen molar-refractivity contribution in [1.29, 1.82) is 0 Å². The van der Waals surface area contributed by atoms with E-state index in [0.29, 0.717) is 32.6 Å². The maximum atomic E-state index is 13.6. The predicted octanol–water partition coefficient (Wildman–Crippen LogP) is 3.66. The van der Waals surface area contributed by atoms with Gasteiger partial charge in [0, 0.05) is 35.5 Å². The number of halogens is 1. The number of carbonyl (C=O) groups is 2. The van der Waals surface area contributed by atoms with Crippen molar-refractivity contribution in [2.75, 3.05) is 19.8 Å². The molecule has 0 spiro atoms. The van der Waals surface area contributed by atoms with Gasteiger partial charge in [0.2, 0.25) is 5.91 Å². The highest BCUT2D eigenvalue weighted by atomic mass is 79.9. The molecule has 3 heterocycles. The number of H-pyrrole nitrogens is 1. The van der Waals surface area contributed by atoms with E-state index < -0.39 is 12.1 Å². The number of aromatic amines is 1. The fraction of sp³-hybridized carbons (Fsp3) is 0.522. The predicted molar refractivity (Wildman–Crippen MR) is 121 cm³/mol. The molecule has 5 rings (SSSR count). The number of nitrogens with one attached hydrogen (secondary N) is 2. The quantitative estimate of drug-likeness (QED) is 0.591. The maximum absolute atomic E-state index is 13.6. The Bertz CT molecular complexity index is 1030. The van der Waals surface area contributed by atoms with Crippen LogP contribution in [0, 0.1) is 5.92 Å². The molecular formula is C23H27BrN4O4. The second kappa shape index (κ2) is 8.86. The largest absolute Gasteiger partial charge is 0.465 e. The van der Waals surface area contributed by atoms with Crippen LogP contribution in [-0.4, -0.2) is 57.8 Å². The van der Waals surface area contributed by atoms with E-state index in [0.717, 1.165) is 52.9 Å². The fourth-order valence-electron chi connectivity index (χ4n) is 5.31. The molecule has 3 aliphatic rings. The summed E-state index contributed by atoms with van der Waals surface area (Å²) in [5.74, 6) is 0.599. The molecule has 2 fully saturated rings. The Kier molecular flexibility index (Phi) is 5.94. The normalized spacial score (nSPS) is 21.7. The molecule has 2 atom stereocenters. The summed E-state index contributed by atoms with van der Waals surface area (Å²) < 4.78 is 6.48. The van der Waals surface area contributed by atoms with Crippen molar-refractivity contribution >= 4 is 27.9 Å². The van der Waals surface area contributed by atoms with Crippen LogP contribution >= 0.6 is 15.9 Å². The van der Waals surface area contributed by atoms with Gasteiger partial charge in [-0.2, -0.15) is 0 Å². The van der Waals surface area contributed by atoms with Crippen LogP contribution in [0.2, 0.25) is 0 Å². The number of hydrogen-bond acceptors (Lipinski definition) is 4. The van der Waals surface area contributed by atoms with Crippen LogP contribution in [0.1, 0.15) is 48.8 Å². The third-order valence-corrected chi connectivity index (χ3v) is 7.39. The molecule has 170 valence electrons. The van der Waals surface area contributed by atoms with Gasteiger partial charge in [0.25, 0.3) is 0 Å². The number of aryl methyl sites for hydroxylation is 2. The summed E-state index contributed by atoms with van der Waals surface area (Å²) in [7, 11) is 0. The van der Waals surface area contributed by atoms with E-state index in [-0.39, 0.29) is 17.9 Å². The highest BCUT2D eigenvalue weighted by Crippen LogP contribution is 2.38. The Balaban J connectivity index is 1.42. The number of fused-ring (bicyclic) bond motifs is 3. The topological polar surface area (TPSA) is 108 Å². The Morgan fingerprint density at radius 2 is 2.06 bits per heavy atom. The van der Waals surface area contributed by atoms with E-state index in [1.807, 2.05) is 11.0 Å². The molecule has 1 aromatic carbocycles. The van der Waals surface area contributed by atoms with Gasteiger partial charge in [0.05, 0.1) is 11.7 Å². The van der Waals surface area contributed by atoms with E-state index in [9.17, 15) is 14.7 Å². The first-order valence-electron chi connectivity index (χ1n) is 11.3. The van der Waals surface area contributed by atoms with Crippen molar-refractivity contribution in [3.8, 4) is 11.3 Å². The van der Waals surface area contributed by atoms with Crippen LogP contribution in [0.15, 0.2) is 22.7 Å². The summed E-state index contributed by atoms with van der Waals surface area (Å²) in [6.45, 7) is 1.72. The summed E-state index contributed by atoms with van der Waals surface area (Å²) in [6, 6.07) is 5.36. The number of likely N-dealkylation sites (tertiary alicyclic amines) is 1. The second-order valence-electron chi connectivity index (χ2n) is 8.82. The van der Waals surface area contributed by atoms with E-state index >= 15 is 0 Å². The van der Waals surface area contributed by atoms with Gasteiger partial charge in [0.15, 0.2) is 0 Å². The van der Waals surface area contributed by atoms with Crippen molar-refractivity contribution < 1.29 is 19.4 Å². The summed E-state index contributed by atoms with van der Waals surface area (Å²) in [5.41, 5.74) is 4.49. The van der Waals surface area contributed by atoms with E-state index in [1.54, 1.807) is 0 Å². The van der Waals surface area contributed by atoms with Gasteiger partial charge in [0.1, 0.15) is 11.9 Å². The average Bonchev–Trinajstić information content (AvgIpc) is 3.44.